The topological polar surface area (TPSA) is 48.3 Å². The molecule has 1 aliphatic rings. The number of nitrogens with zero attached hydrogens (tertiary/aromatic N) is 2. The monoisotopic (exact) mass is 273 g/mol. The van der Waals surface area contributed by atoms with Crippen molar-refractivity contribution in [2.45, 2.75) is 19.4 Å². The van der Waals surface area contributed by atoms with E-state index in [2.05, 4.69) is 22.5 Å². The first-order chi connectivity index (χ1) is 9.72. The summed E-state index contributed by atoms with van der Waals surface area (Å²) in [6.07, 6.45) is 0.983. The Bertz CT molecular complexity index is 622. The normalized spacial score (nSPS) is 17.2. The molecule has 2 aromatic rings. The third-order valence-electron chi connectivity index (χ3n) is 3.68. The van der Waals surface area contributed by atoms with E-state index in [4.69, 9.17) is 9.47 Å². The molecule has 1 N–H and O–H groups in total. The first-order valence-corrected chi connectivity index (χ1v) is 6.75. The quantitative estimate of drug-likeness (QED) is 0.934. The fourth-order valence-corrected chi connectivity index (χ4v) is 2.73. The van der Waals surface area contributed by atoms with Gasteiger partial charge in [0.1, 0.15) is 17.3 Å². The van der Waals surface area contributed by atoms with Crippen LogP contribution in [0.2, 0.25) is 0 Å². The maximum Gasteiger partial charge on any atom is 0.127 e. The highest BCUT2D eigenvalue weighted by Crippen LogP contribution is 2.36. The average molecular weight is 273 g/mol. The highest BCUT2D eigenvalue weighted by Gasteiger charge is 2.25. The fraction of sp³-hybridized carbons (Fsp3) is 0.400. The molecule has 0 spiro atoms. The van der Waals surface area contributed by atoms with Gasteiger partial charge in [-0.25, -0.2) is 4.68 Å². The van der Waals surface area contributed by atoms with Crippen molar-refractivity contribution in [1.82, 2.24) is 9.78 Å². The molecule has 1 atom stereocenters. The largest absolute Gasteiger partial charge is 0.497 e. The minimum Gasteiger partial charge on any atom is -0.497 e. The van der Waals surface area contributed by atoms with E-state index in [1.54, 1.807) is 14.2 Å². The maximum atomic E-state index is 5.52. The molecule has 5 nitrogen and oxygen atoms in total. The van der Waals surface area contributed by atoms with Gasteiger partial charge in [0.15, 0.2) is 0 Å². The molecule has 0 bridgehead atoms. The van der Waals surface area contributed by atoms with Crippen molar-refractivity contribution >= 4 is 5.82 Å². The molecule has 2 heterocycles. The Morgan fingerprint density at radius 1 is 1.25 bits per heavy atom. The molecule has 0 aliphatic carbocycles. The highest BCUT2D eigenvalue weighted by atomic mass is 16.5. The van der Waals surface area contributed by atoms with E-state index < -0.39 is 0 Å². The second kappa shape index (κ2) is 5.07. The van der Waals surface area contributed by atoms with Gasteiger partial charge in [-0.2, -0.15) is 5.10 Å². The van der Waals surface area contributed by atoms with Gasteiger partial charge >= 0.3 is 0 Å². The third-order valence-corrected chi connectivity index (χ3v) is 3.68. The molecule has 1 unspecified atom stereocenters. The Morgan fingerprint density at radius 3 is 2.85 bits per heavy atom. The van der Waals surface area contributed by atoms with Crippen molar-refractivity contribution in [3.05, 3.63) is 35.5 Å². The molecular formula is C15H19N3O2. The van der Waals surface area contributed by atoms with E-state index in [9.17, 15) is 0 Å². The smallest absolute Gasteiger partial charge is 0.127 e. The standard InChI is InChI=1S/C15H19N3O2/c1-10-8-15-16-7-6-13(18(15)17-10)12-5-4-11(19-2)9-14(12)20-3/h4-5,8-9,13,16H,6-7H2,1-3H3. The Morgan fingerprint density at radius 2 is 2.10 bits per heavy atom. The van der Waals surface area contributed by atoms with Crippen LogP contribution in [0.5, 0.6) is 11.5 Å². The summed E-state index contributed by atoms with van der Waals surface area (Å²) >= 11 is 0. The van der Waals surface area contributed by atoms with Crippen LogP contribution in [0, 0.1) is 6.92 Å². The molecule has 0 amide bonds. The summed E-state index contributed by atoms with van der Waals surface area (Å²) in [7, 11) is 3.35. The van der Waals surface area contributed by atoms with Gasteiger partial charge in [0.25, 0.3) is 0 Å². The predicted molar refractivity (Wildman–Crippen MR) is 77.8 cm³/mol. The second-order valence-corrected chi connectivity index (χ2v) is 4.95. The predicted octanol–water partition coefficient (Wildman–Crippen LogP) is 2.61. The number of rotatable bonds is 3. The highest BCUT2D eigenvalue weighted by molar-refractivity contribution is 5.46. The number of nitrogens with one attached hydrogen (secondary N) is 1. The molecule has 5 heteroatoms. The van der Waals surface area contributed by atoms with Crippen molar-refractivity contribution in [3.63, 3.8) is 0 Å². The molecule has 106 valence electrons. The molecule has 1 aromatic carbocycles. The molecule has 1 aromatic heterocycles. The van der Waals surface area contributed by atoms with Crippen LogP contribution in [0.3, 0.4) is 0 Å². The van der Waals surface area contributed by atoms with E-state index >= 15 is 0 Å². The van der Waals surface area contributed by atoms with Crippen LogP contribution < -0.4 is 14.8 Å². The second-order valence-electron chi connectivity index (χ2n) is 4.95. The third kappa shape index (κ3) is 2.09. The van der Waals surface area contributed by atoms with Crippen LogP contribution >= 0.6 is 0 Å². The molecule has 0 saturated carbocycles. The Hall–Kier alpha value is -2.17. The molecule has 1 aliphatic heterocycles. The number of hydrogen-bond donors (Lipinski definition) is 1. The van der Waals surface area contributed by atoms with Crippen molar-refractivity contribution in [2.24, 2.45) is 0 Å². The number of anilines is 1. The lowest BCUT2D eigenvalue weighted by atomic mass is 10.0. The van der Waals surface area contributed by atoms with Crippen molar-refractivity contribution < 1.29 is 9.47 Å². The summed E-state index contributed by atoms with van der Waals surface area (Å²) in [6.45, 7) is 2.94. The van der Waals surface area contributed by atoms with Crippen LogP contribution in [0.4, 0.5) is 5.82 Å². The number of aromatic nitrogens is 2. The van der Waals surface area contributed by atoms with E-state index in [1.165, 1.54) is 0 Å². The van der Waals surface area contributed by atoms with E-state index in [-0.39, 0.29) is 6.04 Å². The fourth-order valence-electron chi connectivity index (χ4n) is 2.73. The van der Waals surface area contributed by atoms with Crippen molar-refractivity contribution in [1.29, 1.82) is 0 Å². The SMILES string of the molecule is COc1ccc(C2CCNc3cc(C)nn32)c(OC)c1. The maximum absolute atomic E-state index is 5.52. The van der Waals surface area contributed by atoms with Crippen LogP contribution in [0.1, 0.15) is 23.7 Å². The van der Waals surface area contributed by atoms with Crippen LogP contribution in [0.15, 0.2) is 24.3 Å². The van der Waals surface area contributed by atoms with E-state index in [0.717, 1.165) is 41.5 Å². The summed E-state index contributed by atoms with van der Waals surface area (Å²) in [5, 5.41) is 7.97. The van der Waals surface area contributed by atoms with Gasteiger partial charge in [0, 0.05) is 24.2 Å². The van der Waals surface area contributed by atoms with E-state index in [1.807, 2.05) is 23.7 Å². The summed E-state index contributed by atoms with van der Waals surface area (Å²) in [5.74, 6) is 2.71. The van der Waals surface area contributed by atoms with Gasteiger partial charge in [-0.15, -0.1) is 0 Å². The zero-order valence-corrected chi connectivity index (χ0v) is 12.0. The summed E-state index contributed by atoms with van der Waals surface area (Å²) in [6, 6.07) is 8.22. The van der Waals surface area contributed by atoms with Gasteiger partial charge in [-0.3, -0.25) is 0 Å². The molecule has 0 fully saturated rings. The van der Waals surface area contributed by atoms with Gasteiger partial charge < -0.3 is 14.8 Å². The summed E-state index contributed by atoms with van der Waals surface area (Å²) in [5.41, 5.74) is 2.16. The van der Waals surface area contributed by atoms with Crippen LogP contribution in [-0.4, -0.2) is 30.5 Å². The Kier molecular flexibility index (Phi) is 3.26. The lowest BCUT2D eigenvalue weighted by molar-refractivity contribution is 0.379. The average Bonchev–Trinajstić information content (AvgIpc) is 2.86. The summed E-state index contributed by atoms with van der Waals surface area (Å²) in [4.78, 5) is 0. The number of aryl methyl sites for hydroxylation is 1. The number of benzene rings is 1. The molecule has 20 heavy (non-hydrogen) atoms. The lowest BCUT2D eigenvalue weighted by Gasteiger charge is -2.27. The number of fused-ring (bicyclic) bond motifs is 1. The number of hydrogen-bond acceptors (Lipinski definition) is 4. The molecule has 3 rings (SSSR count). The first-order valence-electron chi connectivity index (χ1n) is 6.75. The van der Waals surface area contributed by atoms with Crippen molar-refractivity contribution in [2.75, 3.05) is 26.1 Å². The van der Waals surface area contributed by atoms with Gasteiger partial charge in [-0.05, 0) is 25.5 Å². The minimum atomic E-state index is 0.195. The number of ether oxygens (including phenoxy) is 2. The minimum absolute atomic E-state index is 0.195. The van der Waals surface area contributed by atoms with Crippen LogP contribution in [-0.2, 0) is 0 Å². The zero-order chi connectivity index (χ0) is 14.1. The molecule has 0 saturated heterocycles. The first kappa shape index (κ1) is 12.8. The molecule has 0 radical (unpaired) electrons. The number of methoxy groups -OCH3 is 2. The Balaban J connectivity index is 2.05. The Labute approximate surface area is 118 Å². The van der Waals surface area contributed by atoms with Gasteiger partial charge in [-0.1, -0.05) is 0 Å². The molecular weight excluding hydrogens is 254 g/mol. The van der Waals surface area contributed by atoms with Gasteiger partial charge in [0.2, 0.25) is 0 Å². The lowest BCUT2D eigenvalue weighted by Crippen LogP contribution is -2.24. The van der Waals surface area contributed by atoms with Crippen molar-refractivity contribution in [3.8, 4) is 11.5 Å². The van der Waals surface area contributed by atoms with Gasteiger partial charge in [0.05, 0.1) is 26.0 Å². The summed E-state index contributed by atoms with van der Waals surface area (Å²) < 4.78 is 12.8. The van der Waals surface area contributed by atoms with Crippen LogP contribution in [0.25, 0.3) is 0 Å². The van der Waals surface area contributed by atoms with E-state index in [0.29, 0.717) is 0 Å². The zero-order valence-electron chi connectivity index (χ0n) is 12.0.